The van der Waals surface area contributed by atoms with Gasteiger partial charge in [0.15, 0.2) is 0 Å². The Morgan fingerprint density at radius 1 is 0.966 bits per heavy atom. The van der Waals surface area contributed by atoms with Crippen LogP contribution in [0.25, 0.3) is 0 Å². The highest BCUT2D eigenvalue weighted by Gasteiger charge is 2.18. The SMILES string of the molecule is CCOCCOc1ccc(C(=O)Nc2cccc(C(=O)N3CCCCC3)c2)cc1. The largest absolute Gasteiger partial charge is 0.491 e. The van der Waals surface area contributed by atoms with Crippen molar-refractivity contribution < 1.29 is 19.1 Å². The highest BCUT2D eigenvalue weighted by Crippen LogP contribution is 2.18. The molecule has 0 spiro atoms. The van der Waals surface area contributed by atoms with Crippen LogP contribution in [0.4, 0.5) is 5.69 Å². The van der Waals surface area contributed by atoms with E-state index in [1.54, 1.807) is 48.5 Å². The van der Waals surface area contributed by atoms with Crippen LogP contribution in [0.15, 0.2) is 48.5 Å². The summed E-state index contributed by atoms with van der Waals surface area (Å²) < 4.78 is 10.8. The number of carbonyl (C=O) groups excluding carboxylic acids is 2. The molecule has 1 fully saturated rings. The number of likely N-dealkylation sites (tertiary alicyclic amines) is 1. The van der Waals surface area contributed by atoms with Gasteiger partial charge in [0.1, 0.15) is 12.4 Å². The lowest BCUT2D eigenvalue weighted by atomic mass is 10.1. The van der Waals surface area contributed by atoms with E-state index in [2.05, 4.69) is 5.32 Å². The number of nitrogens with one attached hydrogen (secondary N) is 1. The molecule has 0 atom stereocenters. The van der Waals surface area contributed by atoms with Gasteiger partial charge in [-0.25, -0.2) is 0 Å². The van der Waals surface area contributed by atoms with Crippen molar-refractivity contribution in [2.75, 3.05) is 38.2 Å². The average molecular weight is 396 g/mol. The zero-order valence-electron chi connectivity index (χ0n) is 16.9. The predicted molar refractivity (Wildman–Crippen MR) is 113 cm³/mol. The standard InChI is InChI=1S/C23H28N2O4/c1-2-28-15-16-29-21-11-9-18(10-12-21)22(26)24-20-8-6-7-19(17-20)23(27)25-13-4-3-5-14-25/h6-12,17H,2-5,13-16H2,1H3,(H,24,26). The quantitative estimate of drug-likeness (QED) is 0.686. The molecule has 29 heavy (non-hydrogen) atoms. The van der Waals surface area contributed by atoms with Gasteiger partial charge in [0, 0.05) is 36.5 Å². The lowest BCUT2D eigenvalue weighted by molar-refractivity contribution is 0.0724. The van der Waals surface area contributed by atoms with Gasteiger partial charge >= 0.3 is 0 Å². The fourth-order valence-electron chi connectivity index (χ4n) is 3.28. The number of carbonyl (C=O) groups is 2. The Morgan fingerprint density at radius 2 is 1.72 bits per heavy atom. The van der Waals surface area contributed by atoms with E-state index in [1.165, 1.54) is 6.42 Å². The van der Waals surface area contributed by atoms with E-state index < -0.39 is 0 Å². The molecule has 2 aromatic carbocycles. The average Bonchev–Trinajstić information content (AvgIpc) is 2.77. The third kappa shape index (κ3) is 6.06. The molecular weight excluding hydrogens is 368 g/mol. The van der Waals surface area contributed by atoms with E-state index in [1.807, 2.05) is 11.8 Å². The maximum Gasteiger partial charge on any atom is 0.255 e. The Labute approximate surface area is 171 Å². The van der Waals surface area contributed by atoms with Crippen LogP contribution in [0, 0.1) is 0 Å². The van der Waals surface area contributed by atoms with Crippen LogP contribution in [-0.2, 0) is 4.74 Å². The molecule has 1 aliphatic heterocycles. The second-order valence-electron chi connectivity index (χ2n) is 6.96. The van der Waals surface area contributed by atoms with Gasteiger partial charge in [0.05, 0.1) is 6.61 Å². The molecular formula is C23H28N2O4. The first-order valence-electron chi connectivity index (χ1n) is 10.2. The minimum atomic E-state index is -0.228. The Hall–Kier alpha value is -2.86. The van der Waals surface area contributed by atoms with Crippen molar-refractivity contribution >= 4 is 17.5 Å². The van der Waals surface area contributed by atoms with Crippen molar-refractivity contribution in [3.8, 4) is 5.75 Å². The minimum absolute atomic E-state index is 0.0225. The second kappa shape index (κ2) is 10.6. The third-order valence-corrected chi connectivity index (χ3v) is 4.83. The number of anilines is 1. The van der Waals surface area contributed by atoms with Gasteiger partial charge in [-0.3, -0.25) is 9.59 Å². The monoisotopic (exact) mass is 396 g/mol. The molecule has 0 unspecified atom stereocenters. The lowest BCUT2D eigenvalue weighted by Crippen LogP contribution is -2.35. The van der Waals surface area contributed by atoms with Crippen LogP contribution in [0.3, 0.4) is 0 Å². The molecule has 0 saturated carbocycles. The number of hydrogen-bond donors (Lipinski definition) is 1. The Bertz CT molecular complexity index is 814. The Balaban J connectivity index is 1.58. The molecule has 6 nitrogen and oxygen atoms in total. The van der Waals surface area contributed by atoms with Crippen molar-refractivity contribution in [2.24, 2.45) is 0 Å². The minimum Gasteiger partial charge on any atom is -0.491 e. The summed E-state index contributed by atoms with van der Waals surface area (Å²) in [7, 11) is 0. The summed E-state index contributed by atoms with van der Waals surface area (Å²) in [6.07, 6.45) is 3.28. The highest BCUT2D eigenvalue weighted by molar-refractivity contribution is 6.05. The molecule has 0 aliphatic carbocycles. The summed E-state index contributed by atoms with van der Waals surface area (Å²) in [6.45, 7) is 5.20. The van der Waals surface area contributed by atoms with Crippen LogP contribution in [0.1, 0.15) is 46.9 Å². The van der Waals surface area contributed by atoms with Gasteiger partial charge in [0.25, 0.3) is 11.8 Å². The normalized spacial score (nSPS) is 13.8. The molecule has 1 N–H and O–H groups in total. The first-order valence-corrected chi connectivity index (χ1v) is 10.2. The van der Waals surface area contributed by atoms with Crippen LogP contribution < -0.4 is 10.1 Å². The number of nitrogens with zero attached hydrogens (tertiary/aromatic N) is 1. The Kier molecular flexibility index (Phi) is 7.64. The maximum atomic E-state index is 12.7. The summed E-state index contributed by atoms with van der Waals surface area (Å²) in [5.41, 5.74) is 1.73. The second-order valence-corrected chi connectivity index (χ2v) is 6.96. The molecule has 6 heteroatoms. The van der Waals surface area contributed by atoms with Gasteiger partial charge in [-0.1, -0.05) is 6.07 Å². The van der Waals surface area contributed by atoms with E-state index >= 15 is 0 Å². The summed E-state index contributed by atoms with van der Waals surface area (Å²) in [5, 5.41) is 2.87. The zero-order valence-corrected chi connectivity index (χ0v) is 16.9. The van der Waals surface area contributed by atoms with Crippen molar-refractivity contribution in [2.45, 2.75) is 26.2 Å². The molecule has 154 valence electrons. The van der Waals surface area contributed by atoms with Gasteiger partial charge in [-0.05, 0) is 68.7 Å². The first kappa shape index (κ1) is 20.9. The van der Waals surface area contributed by atoms with Gasteiger partial charge < -0.3 is 19.7 Å². The van der Waals surface area contributed by atoms with E-state index in [0.717, 1.165) is 25.9 Å². The first-order chi connectivity index (χ1) is 14.2. The van der Waals surface area contributed by atoms with Gasteiger partial charge in [-0.2, -0.15) is 0 Å². The van der Waals surface area contributed by atoms with Crippen LogP contribution in [0.5, 0.6) is 5.75 Å². The van der Waals surface area contributed by atoms with E-state index in [4.69, 9.17) is 9.47 Å². The smallest absolute Gasteiger partial charge is 0.255 e. The summed E-state index contributed by atoms with van der Waals surface area (Å²) in [5.74, 6) is 0.484. The molecule has 1 aliphatic rings. The van der Waals surface area contributed by atoms with Crippen LogP contribution in [-0.4, -0.2) is 49.6 Å². The van der Waals surface area contributed by atoms with Gasteiger partial charge in [-0.15, -0.1) is 0 Å². The van der Waals surface area contributed by atoms with Crippen LogP contribution >= 0.6 is 0 Å². The maximum absolute atomic E-state index is 12.7. The van der Waals surface area contributed by atoms with E-state index in [0.29, 0.717) is 42.4 Å². The number of hydrogen-bond acceptors (Lipinski definition) is 4. The number of ether oxygens (including phenoxy) is 2. The number of piperidine rings is 1. The lowest BCUT2D eigenvalue weighted by Gasteiger charge is -2.26. The third-order valence-electron chi connectivity index (χ3n) is 4.83. The Morgan fingerprint density at radius 3 is 2.45 bits per heavy atom. The van der Waals surface area contributed by atoms with Crippen LogP contribution in [0.2, 0.25) is 0 Å². The molecule has 0 aromatic heterocycles. The van der Waals surface area contributed by atoms with E-state index in [-0.39, 0.29) is 11.8 Å². The molecule has 0 radical (unpaired) electrons. The predicted octanol–water partition coefficient (Wildman–Crippen LogP) is 3.98. The van der Waals surface area contributed by atoms with Crippen molar-refractivity contribution in [1.29, 1.82) is 0 Å². The van der Waals surface area contributed by atoms with Crippen molar-refractivity contribution in [3.63, 3.8) is 0 Å². The fraction of sp³-hybridized carbons (Fsp3) is 0.391. The zero-order chi connectivity index (χ0) is 20.5. The van der Waals surface area contributed by atoms with Crippen molar-refractivity contribution in [1.82, 2.24) is 4.90 Å². The number of benzene rings is 2. The summed E-state index contributed by atoms with van der Waals surface area (Å²) >= 11 is 0. The molecule has 1 saturated heterocycles. The molecule has 2 aromatic rings. The molecule has 2 amide bonds. The van der Waals surface area contributed by atoms with Gasteiger partial charge in [0.2, 0.25) is 0 Å². The fourth-order valence-corrected chi connectivity index (χ4v) is 3.28. The number of rotatable bonds is 8. The topological polar surface area (TPSA) is 67.9 Å². The number of amides is 2. The van der Waals surface area contributed by atoms with E-state index in [9.17, 15) is 9.59 Å². The summed E-state index contributed by atoms with van der Waals surface area (Å²) in [6, 6.07) is 14.1. The van der Waals surface area contributed by atoms with Crippen molar-refractivity contribution in [3.05, 3.63) is 59.7 Å². The molecule has 3 rings (SSSR count). The molecule has 0 bridgehead atoms. The molecule has 1 heterocycles. The highest BCUT2D eigenvalue weighted by atomic mass is 16.5. The summed E-state index contributed by atoms with van der Waals surface area (Å²) in [4.78, 5) is 27.1.